The first kappa shape index (κ1) is 35.6. The van der Waals surface area contributed by atoms with Crippen molar-refractivity contribution in [3.05, 3.63) is 52.3 Å². The molecule has 14 heteroatoms. The maximum Gasteiger partial charge on any atom is 0.408 e. The summed E-state index contributed by atoms with van der Waals surface area (Å²) in [5.74, 6) is -4.00. The van der Waals surface area contributed by atoms with E-state index in [1.165, 1.54) is 24.4 Å². The Bertz CT molecular complexity index is 1360. The number of ether oxygens (including phenoxy) is 2. The second-order valence-electron chi connectivity index (χ2n) is 11.7. The Balaban J connectivity index is 2.16. The number of nitrogens with one attached hydrogen (secondary N) is 2. The number of amides is 1. The molecule has 42 heavy (non-hydrogen) atoms. The lowest BCUT2D eigenvalue weighted by Crippen LogP contribution is -2.46. The number of hydrogen-bond donors (Lipinski definition) is 2. The fraction of sp³-hybridized carbons (Fsp3) is 0.536. The zero-order valence-corrected chi connectivity index (χ0v) is 26.6. The number of rotatable bonds is 10. The number of halogens is 5. The molecule has 0 aliphatic carbocycles. The molecule has 1 heterocycles. The second-order valence-corrected chi connectivity index (χ2v) is 15.0. The number of benzene rings is 1. The van der Waals surface area contributed by atoms with Gasteiger partial charge in [0.1, 0.15) is 17.2 Å². The summed E-state index contributed by atoms with van der Waals surface area (Å²) in [5.41, 5.74) is -1.06. The predicted octanol–water partition coefficient (Wildman–Crippen LogP) is 7.76. The Morgan fingerprint density at radius 3 is 2.07 bits per heavy atom. The Morgan fingerprint density at radius 1 is 0.976 bits per heavy atom. The molecule has 1 aromatic heterocycles. The lowest BCUT2D eigenvalue weighted by molar-refractivity contribution is -0.157. The van der Waals surface area contributed by atoms with Gasteiger partial charge in [0.05, 0.1) is 11.6 Å². The predicted molar refractivity (Wildman–Crippen MR) is 157 cm³/mol. The van der Waals surface area contributed by atoms with Crippen LogP contribution in [0.2, 0.25) is 10.0 Å². The maximum absolute atomic E-state index is 14.0. The third kappa shape index (κ3) is 12.0. The molecule has 1 amide bonds. The number of carbonyl (C=O) groups is 2. The monoisotopic (exact) mass is 653 g/mol. The molecule has 234 valence electrons. The summed E-state index contributed by atoms with van der Waals surface area (Å²) in [5, 5.41) is 3.07. The van der Waals surface area contributed by atoms with Crippen LogP contribution < -0.4 is 5.32 Å². The molecule has 2 rings (SSSR count). The third-order valence-corrected chi connectivity index (χ3v) is 7.97. The van der Waals surface area contributed by atoms with E-state index in [1.54, 1.807) is 53.7 Å². The van der Waals surface area contributed by atoms with Gasteiger partial charge in [-0.3, -0.25) is 9.76 Å². The molecule has 2 aromatic rings. The highest BCUT2D eigenvalue weighted by Gasteiger charge is 2.42. The van der Waals surface area contributed by atoms with E-state index in [4.69, 9.17) is 37.5 Å². The summed E-state index contributed by atoms with van der Waals surface area (Å²) in [6.07, 6.45) is -5.37. The van der Waals surface area contributed by atoms with E-state index in [1.807, 2.05) is 0 Å². The van der Waals surface area contributed by atoms with Gasteiger partial charge in [-0.25, -0.2) is 13.8 Å². The van der Waals surface area contributed by atoms with Gasteiger partial charge in [0.2, 0.25) is 0 Å². The van der Waals surface area contributed by atoms with E-state index in [-0.39, 0.29) is 12.1 Å². The molecule has 0 fully saturated rings. The highest BCUT2D eigenvalue weighted by molar-refractivity contribution is 7.92. The number of pyridine rings is 1. The molecule has 0 saturated heterocycles. The van der Waals surface area contributed by atoms with Crippen LogP contribution in [0.4, 0.5) is 18.0 Å². The van der Waals surface area contributed by atoms with Gasteiger partial charge in [0, 0.05) is 48.6 Å². The van der Waals surface area contributed by atoms with Gasteiger partial charge in [-0.15, -0.1) is 0 Å². The highest BCUT2D eigenvalue weighted by Crippen LogP contribution is 2.38. The molecule has 0 radical (unpaired) electrons. The van der Waals surface area contributed by atoms with Crippen molar-refractivity contribution < 1.29 is 36.4 Å². The first-order valence-electron chi connectivity index (χ1n) is 13.0. The Kier molecular flexibility index (Phi) is 11.7. The Labute approximate surface area is 254 Å². The van der Waals surface area contributed by atoms with Crippen molar-refractivity contribution >= 4 is 45.0 Å². The van der Waals surface area contributed by atoms with Crippen LogP contribution in [0.5, 0.6) is 0 Å². The van der Waals surface area contributed by atoms with Crippen molar-refractivity contribution in [2.24, 2.45) is 0 Å². The van der Waals surface area contributed by atoms with Crippen LogP contribution in [0.1, 0.15) is 66.0 Å². The number of nitrogens with zero attached hydrogens (tertiary/aromatic N) is 1. The third-order valence-electron chi connectivity index (χ3n) is 5.64. The second kappa shape index (κ2) is 13.8. The summed E-state index contributed by atoms with van der Waals surface area (Å²) >= 11 is 12.1. The Morgan fingerprint density at radius 2 is 1.57 bits per heavy atom. The lowest BCUT2D eigenvalue weighted by atomic mass is 9.99. The van der Waals surface area contributed by atoms with E-state index in [9.17, 15) is 27.0 Å². The van der Waals surface area contributed by atoms with Crippen LogP contribution in [0.3, 0.4) is 0 Å². The molecule has 0 spiro atoms. The van der Waals surface area contributed by atoms with Crippen LogP contribution in [-0.4, -0.2) is 56.2 Å². The molecule has 3 unspecified atom stereocenters. The highest BCUT2D eigenvalue weighted by atomic mass is 35.5. The van der Waals surface area contributed by atoms with Crippen molar-refractivity contribution in [1.29, 1.82) is 4.78 Å². The largest absolute Gasteiger partial charge is 0.458 e. The molecule has 1 aromatic carbocycles. The number of aromatic nitrogens is 1. The van der Waals surface area contributed by atoms with Crippen molar-refractivity contribution in [1.82, 2.24) is 10.3 Å². The topological polar surface area (TPSA) is 118 Å². The van der Waals surface area contributed by atoms with E-state index in [0.29, 0.717) is 21.2 Å². The minimum Gasteiger partial charge on any atom is -0.458 e. The summed E-state index contributed by atoms with van der Waals surface area (Å²) in [6.45, 7) is 9.72. The number of esters is 1. The quantitative estimate of drug-likeness (QED) is 0.253. The first-order valence-corrected chi connectivity index (χ1v) is 15.7. The summed E-state index contributed by atoms with van der Waals surface area (Å²) in [6, 6.07) is 6.07. The zero-order chi connectivity index (χ0) is 32.1. The van der Waals surface area contributed by atoms with Gasteiger partial charge in [0.15, 0.2) is 0 Å². The van der Waals surface area contributed by atoms with Crippen LogP contribution >= 0.6 is 23.2 Å². The average Bonchev–Trinajstić information content (AvgIpc) is 2.79. The van der Waals surface area contributed by atoms with Gasteiger partial charge in [-0.1, -0.05) is 35.3 Å². The van der Waals surface area contributed by atoms with E-state index >= 15 is 0 Å². The smallest absolute Gasteiger partial charge is 0.408 e. The molecular formula is C28H36Cl2F3N3O5S. The Hall–Kier alpha value is -2.57. The number of alkyl carbamates (subject to hydrolysis) is 1. The van der Waals surface area contributed by atoms with Gasteiger partial charge in [0.25, 0.3) is 0 Å². The normalized spacial score (nSPS) is 15.3. The van der Waals surface area contributed by atoms with Crippen molar-refractivity contribution in [3.63, 3.8) is 0 Å². The zero-order valence-electron chi connectivity index (χ0n) is 24.2. The first-order chi connectivity index (χ1) is 19.1. The summed E-state index contributed by atoms with van der Waals surface area (Å²) < 4.78 is 73.8. The minimum absolute atomic E-state index is 0.301. The SMILES string of the molecule is CC(C)(C)OC(=O)NC(CCS(=N)(=O)CCC(c1ccc(-c2ccc(Cl)cc2Cl)cn1)C(F)(F)F)C(=O)OC(C)(C)C. The molecule has 0 saturated carbocycles. The van der Waals surface area contributed by atoms with Crippen molar-refractivity contribution in [3.8, 4) is 11.1 Å². The van der Waals surface area contributed by atoms with Crippen molar-refractivity contribution in [2.75, 3.05) is 11.5 Å². The minimum atomic E-state index is -4.72. The number of hydrogen-bond acceptors (Lipinski definition) is 7. The van der Waals surface area contributed by atoms with E-state index in [0.717, 1.165) is 0 Å². The fourth-order valence-corrected chi connectivity index (χ4v) is 5.72. The van der Waals surface area contributed by atoms with Crippen LogP contribution in [0.15, 0.2) is 36.5 Å². The standard InChI is InChI=1S/C28H36Cl2F3N3O5S/c1-26(2,3)40-24(37)23(36-25(38)41-27(4,5)6)12-14-42(34,39)13-11-20(28(31,32)33)22-10-7-17(16-35-22)19-9-8-18(29)15-21(19)30/h7-10,15-16,20,23,34H,11-14H2,1-6H3,(H,36,38). The molecule has 0 aliphatic rings. The molecule has 8 nitrogen and oxygen atoms in total. The average molecular weight is 655 g/mol. The van der Waals surface area contributed by atoms with Gasteiger partial charge in [-0.05, 0) is 72.6 Å². The van der Waals surface area contributed by atoms with Crippen molar-refractivity contribution in [2.45, 2.75) is 83.7 Å². The van der Waals surface area contributed by atoms with E-state index in [2.05, 4.69) is 10.3 Å². The van der Waals surface area contributed by atoms with Gasteiger partial charge < -0.3 is 14.8 Å². The number of carbonyl (C=O) groups excluding carboxylic acids is 2. The molecule has 3 atom stereocenters. The summed E-state index contributed by atoms with van der Waals surface area (Å²) in [7, 11) is -3.61. The molecule has 2 N–H and O–H groups in total. The van der Waals surface area contributed by atoms with Gasteiger partial charge >= 0.3 is 18.2 Å². The fourth-order valence-electron chi connectivity index (χ4n) is 3.76. The lowest BCUT2D eigenvalue weighted by Gasteiger charge is -2.26. The summed E-state index contributed by atoms with van der Waals surface area (Å²) in [4.78, 5) is 29.0. The van der Waals surface area contributed by atoms with Crippen LogP contribution in [-0.2, 0) is 24.0 Å². The maximum atomic E-state index is 14.0. The van der Waals surface area contributed by atoms with Gasteiger partial charge in [-0.2, -0.15) is 13.2 Å². The van der Waals surface area contributed by atoms with Crippen LogP contribution in [0.25, 0.3) is 11.1 Å². The number of alkyl halides is 3. The molecule has 0 aliphatic heterocycles. The van der Waals surface area contributed by atoms with E-state index < -0.39 is 69.1 Å². The molecule has 0 bridgehead atoms. The molecular weight excluding hydrogens is 618 g/mol. The van der Waals surface area contributed by atoms with Crippen LogP contribution in [0, 0.1) is 4.78 Å².